The van der Waals surface area contributed by atoms with Crippen molar-refractivity contribution in [3.8, 4) is 0 Å². The number of fused-ring (bicyclic) bond motifs is 1. The lowest BCUT2D eigenvalue weighted by Crippen LogP contribution is -2.03. The predicted octanol–water partition coefficient (Wildman–Crippen LogP) is 2.97. The number of carbonyl (C=O) groups excluding carboxylic acids is 1. The molecule has 0 saturated heterocycles. The third-order valence-electron chi connectivity index (χ3n) is 3.40. The lowest BCUT2D eigenvalue weighted by molar-refractivity contribution is 0.103. The number of benzene rings is 2. The molecule has 19 heavy (non-hydrogen) atoms. The number of hydrogen-bond donors (Lipinski definition) is 1. The van der Waals surface area contributed by atoms with E-state index in [4.69, 9.17) is 0 Å². The Morgan fingerprint density at radius 2 is 1.84 bits per heavy atom. The molecule has 0 spiro atoms. The van der Waals surface area contributed by atoms with Gasteiger partial charge in [-0.1, -0.05) is 12.1 Å². The molecule has 0 aliphatic carbocycles. The maximum absolute atomic E-state index is 13.4. The summed E-state index contributed by atoms with van der Waals surface area (Å²) in [5.41, 5.74) is 4.16. The zero-order valence-corrected chi connectivity index (χ0v) is 10.7. The van der Waals surface area contributed by atoms with Gasteiger partial charge in [-0.2, -0.15) is 0 Å². The maximum Gasteiger partial charge on any atom is 0.193 e. The van der Waals surface area contributed by atoms with E-state index >= 15 is 0 Å². The predicted molar refractivity (Wildman–Crippen MR) is 71.6 cm³/mol. The van der Waals surface area contributed by atoms with Crippen LogP contribution >= 0.6 is 0 Å². The summed E-state index contributed by atoms with van der Waals surface area (Å²) in [5.74, 6) is -0.497. The Labute approximate surface area is 111 Å². The van der Waals surface area contributed by atoms with E-state index < -0.39 is 0 Å². The Morgan fingerprint density at radius 3 is 2.63 bits per heavy atom. The summed E-state index contributed by atoms with van der Waals surface area (Å²) in [6.07, 6.45) is 0. The smallest absolute Gasteiger partial charge is 0.193 e. The molecule has 0 bridgehead atoms. The van der Waals surface area contributed by atoms with E-state index in [1.807, 2.05) is 18.2 Å². The van der Waals surface area contributed by atoms with Crippen molar-refractivity contribution in [2.24, 2.45) is 0 Å². The monoisotopic (exact) mass is 255 g/mol. The third-order valence-corrected chi connectivity index (χ3v) is 3.40. The molecule has 0 fully saturated rings. The molecule has 1 aliphatic heterocycles. The third kappa shape index (κ3) is 2.29. The molecule has 3 rings (SSSR count). The fraction of sp³-hybridized carbons (Fsp3) is 0.188. The first kappa shape index (κ1) is 12.1. The molecule has 0 atom stereocenters. The topological polar surface area (TPSA) is 29.1 Å². The van der Waals surface area contributed by atoms with Gasteiger partial charge in [0.25, 0.3) is 0 Å². The zero-order valence-electron chi connectivity index (χ0n) is 10.7. The van der Waals surface area contributed by atoms with E-state index in [1.165, 1.54) is 17.7 Å². The molecule has 0 saturated carbocycles. The second-order valence-corrected chi connectivity index (χ2v) is 4.93. The molecule has 1 aliphatic rings. The largest absolute Gasteiger partial charge is 0.309 e. The van der Waals surface area contributed by atoms with Crippen molar-refractivity contribution in [2.45, 2.75) is 20.0 Å². The Bertz CT molecular complexity index is 644. The second-order valence-electron chi connectivity index (χ2n) is 4.93. The number of hydrogen-bond acceptors (Lipinski definition) is 2. The lowest BCUT2D eigenvalue weighted by atomic mass is 9.98. The number of carbonyl (C=O) groups is 1. The van der Waals surface area contributed by atoms with Crippen LogP contribution in [0.5, 0.6) is 0 Å². The van der Waals surface area contributed by atoms with Crippen molar-refractivity contribution in [2.75, 3.05) is 0 Å². The van der Waals surface area contributed by atoms with Crippen LogP contribution in [0.4, 0.5) is 4.39 Å². The fourth-order valence-corrected chi connectivity index (χ4v) is 2.47. The summed E-state index contributed by atoms with van der Waals surface area (Å²) in [5, 5.41) is 3.24. The molecule has 2 nitrogen and oxygen atoms in total. The molecule has 3 heteroatoms. The van der Waals surface area contributed by atoms with Gasteiger partial charge in [-0.3, -0.25) is 4.79 Å². The van der Waals surface area contributed by atoms with Gasteiger partial charge in [0, 0.05) is 24.2 Å². The Kier molecular flexibility index (Phi) is 2.91. The highest BCUT2D eigenvalue weighted by molar-refractivity contribution is 6.09. The molecule has 0 unspecified atom stereocenters. The van der Waals surface area contributed by atoms with Gasteiger partial charge in [-0.05, 0) is 47.9 Å². The van der Waals surface area contributed by atoms with Crippen molar-refractivity contribution < 1.29 is 9.18 Å². The summed E-state index contributed by atoms with van der Waals surface area (Å²) in [6.45, 7) is 3.42. The van der Waals surface area contributed by atoms with E-state index in [-0.39, 0.29) is 11.6 Å². The van der Waals surface area contributed by atoms with Crippen molar-refractivity contribution in [3.05, 3.63) is 70.0 Å². The van der Waals surface area contributed by atoms with E-state index in [2.05, 4.69) is 5.32 Å². The van der Waals surface area contributed by atoms with Gasteiger partial charge in [0.05, 0.1) is 0 Å². The summed E-state index contributed by atoms with van der Waals surface area (Å²) in [6, 6.07) is 10.1. The summed E-state index contributed by atoms with van der Waals surface area (Å²) >= 11 is 0. The van der Waals surface area contributed by atoms with Crippen molar-refractivity contribution in [3.63, 3.8) is 0 Å². The highest BCUT2D eigenvalue weighted by Gasteiger charge is 2.15. The molecular formula is C16H14FNO. The summed E-state index contributed by atoms with van der Waals surface area (Å²) in [7, 11) is 0. The van der Waals surface area contributed by atoms with Crippen molar-refractivity contribution in [1.82, 2.24) is 5.32 Å². The van der Waals surface area contributed by atoms with Crippen LogP contribution in [0.3, 0.4) is 0 Å². The van der Waals surface area contributed by atoms with Crippen LogP contribution in [-0.4, -0.2) is 5.78 Å². The molecule has 0 amide bonds. The average Bonchev–Trinajstić information content (AvgIpc) is 2.83. The van der Waals surface area contributed by atoms with Crippen molar-refractivity contribution >= 4 is 5.78 Å². The second kappa shape index (κ2) is 4.59. The van der Waals surface area contributed by atoms with Crippen molar-refractivity contribution in [1.29, 1.82) is 0 Å². The Hall–Kier alpha value is -2.00. The molecular weight excluding hydrogens is 241 g/mol. The maximum atomic E-state index is 13.4. The summed E-state index contributed by atoms with van der Waals surface area (Å²) < 4.78 is 13.4. The van der Waals surface area contributed by atoms with Gasteiger partial charge in [0.1, 0.15) is 5.82 Å². The fourth-order valence-electron chi connectivity index (χ4n) is 2.47. The van der Waals surface area contributed by atoms with E-state index in [0.717, 1.165) is 24.2 Å². The number of halogens is 1. The highest BCUT2D eigenvalue weighted by Crippen LogP contribution is 2.20. The summed E-state index contributed by atoms with van der Waals surface area (Å²) in [4.78, 5) is 12.4. The zero-order chi connectivity index (χ0) is 13.4. The van der Waals surface area contributed by atoms with Crippen LogP contribution in [0, 0.1) is 12.7 Å². The van der Waals surface area contributed by atoms with Gasteiger partial charge in [0.15, 0.2) is 5.78 Å². The van der Waals surface area contributed by atoms with Crippen LogP contribution in [0.15, 0.2) is 36.4 Å². The molecule has 2 aromatic carbocycles. The SMILES string of the molecule is Cc1cc(F)cc(C(=O)c2ccc3c(c2)CNC3)c1. The van der Waals surface area contributed by atoms with Crippen LogP contribution in [-0.2, 0) is 13.1 Å². The van der Waals surface area contributed by atoms with Gasteiger partial charge < -0.3 is 5.32 Å². The molecule has 1 heterocycles. The molecule has 0 aromatic heterocycles. The Balaban J connectivity index is 1.99. The lowest BCUT2D eigenvalue weighted by Gasteiger charge is -2.05. The van der Waals surface area contributed by atoms with Gasteiger partial charge >= 0.3 is 0 Å². The van der Waals surface area contributed by atoms with Crippen LogP contribution in [0.1, 0.15) is 32.6 Å². The van der Waals surface area contributed by atoms with Crippen LogP contribution in [0.25, 0.3) is 0 Å². The number of rotatable bonds is 2. The number of aryl methyl sites for hydroxylation is 1. The van der Waals surface area contributed by atoms with Crippen LogP contribution < -0.4 is 5.32 Å². The van der Waals surface area contributed by atoms with E-state index in [1.54, 1.807) is 13.0 Å². The highest BCUT2D eigenvalue weighted by atomic mass is 19.1. The minimum absolute atomic E-state index is 0.127. The van der Waals surface area contributed by atoms with E-state index in [0.29, 0.717) is 11.1 Å². The standard InChI is InChI=1S/C16H14FNO/c1-10-4-13(7-15(17)5-10)16(19)11-2-3-12-8-18-9-14(12)6-11/h2-7,18H,8-9H2,1H3. The van der Waals surface area contributed by atoms with Gasteiger partial charge in [-0.25, -0.2) is 4.39 Å². The normalized spacial score (nSPS) is 13.4. The Morgan fingerprint density at radius 1 is 1.05 bits per heavy atom. The van der Waals surface area contributed by atoms with E-state index in [9.17, 15) is 9.18 Å². The quantitative estimate of drug-likeness (QED) is 0.836. The number of nitrogens with one attached hydrogen (secondary N) is 1. The first-order valence-electron chi connectivity index (χ1n) is 6.28. The first-order chi connectivity index (χ1) is 9.13. The molecule has 2 aromatic rings. The van der Waals surface area contributed by atoms with Crippen LogP contribution in [0.2, 0.25) is 0 Å². The first-order valence-corrected chi connectivity index (χ1v) is 6.28. The molecule has 96 valence electrons. The minimum Gasteiger partial charge on any atom is -0.309 e. The molecule has 0 radical (unpaired) electrons. The molecule has 1 N–H and O–H groups in total. The number of ketones is 1. The minimum atomic E-state index is -0.369. The average molecular weight is 255 g/mol. The van der Waals surface area contributed by atoms with Gasteiger partial charge in [0.2, 0.25) is 0 Å². The van der Waals surface area contributed by atoms with Gasteiger partial charge in [-0.15, -0.1) is 0 Å².